The predicted molar refractivity (Wildman–Crippen MR) is 72.9 cm³/mol. The molecule has 1 aromatic rings. The van der Waals surface area contributed by atoms with Crippen molar-refractivity contribution in [3.63, 3.8) is 0 Å². The van der Waals surface area contributed by atoms with Gasteiger partial charge in [-0.25, -0.2) is 4.79 Å². The van der Waals surface area contributed by atoms with Gasteiger partial charge in [-0.1, -0.05) is 17.7 Å². The normalized spacial score (nSPS) is 10.1. The fraction of sp³-hybridized carbons (Fsp3) is 0.462. The topological polar surface area (TPSA) is 62.4 Å². The first-order valence-electron chi connectivity index (χ1n) is 6.03. The van der Waals surface area contributed by atoms with E-state index in [4.69, 9.17) is 4.74 Å². The molecule has 0 atom stereocenters. The van der Waals surface area contributed by atoms with Crippen molar-refractivity contribution >= 4 is 11.7 Å². The number of carbonyl (C=O) groups is 1. The summed E-state index contributed by atoms with van der Waals surface area (Å²) in [6.45, 7) is 4.79. The van der Waals surface area contributed by atoms with Crippen LogP contribution in [0.1, 0.15) is 5.56 Å². The smallest absolute Gasteiger partial charge is 0.319 e. The highest BCUT2D eigenvalue weighted by Gasteiger charge is 1.99. The number of rotatable bonds is 7. The number of hydrogen-bond acceptors (Lipinski definition) is 3. The van der Waals surface area contributed by atoms with E-state index in [0.717, 1.165) is 18.8 Å². The third-order valence-electron chi connectivity index (χ3n) is 2.38. The van der Waals surface area contributed by atoms with E-state index in [-0.39, 0.29) is 6.03 Å². The quantitative estimate of drug-likeness (QED) is 0.641. The van der Waals surface area contributed by atoms with Crippen molar-refractivity contribution in [2.75, 3.05) is 38.7 Å². The molecule has 1 aromatic carbocycles. The van der Waals surface area contributed by atoms with Crippen molar-refractivity contribution in [3.8, 4) is 0 Å². The lowest BCUT2D eigenvalue weighted by molar-refractivity contribution is 0.199. The van der Waals surface area contributed by atoms with Gasteiger partial charge in [0.2, 0.25) is 0 Å². The van der Waals surface area contributed by atoms with Crippen molar-refractivity contribution in [3.05, 3.63) is 29.8 Å². The molecule has 18 heavy (non-hydrogen) atoms. The fourth-order valence-corrected chi connectivity index (χ4v) is 1.38. The number of amides is 2. The van der Waals surface area contributed by atoms with Crippen molar-refractivity contribution in [2.45, 2.75) is 6.92 Å². The maximum Gasteiger partial charge on any atom is 0.319 e. The van der Waals surface area contributed by atoms with Crippen molar-refractivity contribution in [1.29, 1.82) is 0 Å². The lowest BCUT2D eigenvalue weighted by Crippen LogP contribution is -2.35. The van der Waals surface area contributed by atoms with Crippen LogP contribution >= 0.6 is 0 Å². The van der Waals surface area contributed by atoms with E-state index in [0.29, 0.717) is 13.2 Å². The van der Waals surface area contributed by atoms with E-state index in [2.05, 4.69) is 16.0 Å². The van der Waals surface area contributed by atoms with Gasteiger partial charge in [-0.05, 0) is 19.1 Å². The van der Waals surface area contributed by atoms with Gasteiger partial charge in [0.15, 0.2) is 0 Å². The van der Waals surface area contributed by atoms with Crippen LogP contribution < -0.4 is 16.0 Å². The molecule has 0 spiro atoms. The Labute approximate surface area is 108 Å². The Morgan fingerprint density at radius 2 is 1.89 bits per heavy atom. The van der Waals surface area contributed by atoms with Gasteiger partial charge in [0, 0.05) is 32.4 Å². The Kier molecular flexibility index (Phi) is 6.83. The zero-order valence-corrected chi connectivity index (χ0v) is 11.0. The van der Waals surface area contributed by atoms with Crippen LogP contribution in [0.3, 0.4) is 0 Å². The summed E-state index contributed by atoms with van der Waals surface area (Å²) in [5.74, 6) is 0. The van der Waals surface area contributed by atoms with Gasteiger partial charge in [0.25, 0.3) is 0 Å². The molecule has 5 nitrogen and oxygen atoms in total. The van der Waals surface area contributed by atoms with Crippen LogP contribution in [0.2, 0.25) is 0 Å². The molecule has 0 bridgehead atoms. The van der Waals surface area contributed by atoms with Crippen LogP contribution in [-0.4, -0.2) is 39.4 Å². The van der Waals surface area contributed by atoms with E-state index in [1.54, 1.807) is 7.11 Å². The number of hydrogen-bond donors (Lipinski definition) is 3. The summed E-state index contributed by atoms with van der Waals surface area (Å²) in [6.07, 6.45) is 0. The second-order valence-corrected chi connectivity index (χ2v) is 3.99. The van der Waals surface area contributed by atoms with E-state index >= 15 is 0 Å². The maximum atomic E-state index is 11.5. The minimum Gasteiger partial charge on any atom is -0.383 e. The first-order chi connectivity index (χ1) is 8.72. The largest absolute Gasteiger partial charge is 0.383 e. The van der Waals surface area contributed by atoms with Gasteiger partial charge in [-0.2, -0.15) is 0 Å². The lowest BCUT2D eigenvalue weighted by Gasteiger charge is -2.08. The van der Waals surface area contributed by atoms with Crippen LogP contribution in [0.15, 0.2) is 24.3 Å². The number of carbonyl (C=O) groups excluding carboxylic acids is 1. The molecule has 100 valence electrons. The Morgan fingerprint density at radius 3 is 2.56 bits per heavy atom. The molecule has 2 amide bonds. The van der Waals surface area contributed by atoms with E-state index < -0.39 is 0 Å². The molecule has 0 fully saturated rings. The Bertz CT molecular complexity index is 352. The molecular weight excluding hydrogens is 230 g/mol. The molecule has 0 aromatic heterocycles. The number of anilines is 1. The highest BCUT2D eigenvalue weighted by molar-refractivity contribution is 5.89. The summed E-state index contributed by atoms with van der Waals surface area (Å²) in [4.78, 5) is 11.5. The molecule has 5 heteroatoms. The summed E-state index contributed by atoms with van der Waals surface area (Å²) in [6, 6.07) is 7.49. The van der Waals surface area contributed by atoms with E-state index in [1.165, 1.54) is 5.56 Å². The summed E-state index contributed by atoms with van der Waals surface area (Å²) >= 11 is 0. The number of urea groups is 1. The molecule has 0 radical (unpaired) electrons. The number of methoxy groups -OCH3 is 1. The molecule has 0 aliphatic heterocycles. The Morgan fingerprint density at radius 1 is 1.17 bits per heavy atom. The van der Waals surface area contributed by atoms with Gasteiger partial charge in [0.05, 0.1) is 6.61 Å². The standard InChI is InChI=1S/C13H21N3O2/c1-11-3-5-12(6-4-11)16-13(17)15-8-7-14-9-10-18-2/h3-6,14H,7-10H2,1-2H3,(H2,15,16,17). The second kappa shape index (κ2) is 8.49. The van der Waals surface area contributed by atoms with Gasteiger partial charge in [0.1, 0.15) is 0 Å². The summed E-state index contributed by atoms with van der Waals surface area (Å²) in [5.41, 5.74) is 1.97. The Hall–Kier alpha value is -1.59. The minimum absolute atomic E-state index is 0.188. The summed E-state index contributed by atoms with van der Waals surface area (Å²) in [7, 11) is 1.66. The average molecular weight is 251 g/mol. The first-order valence-corrected chi connectivity index (χ1v) is 6.03. The SMILES string of the molecule is COCCNCCNC(=O)Nc1ccc(C)cc1. The molecule has 0 aliphatic carbocycles. The number of aryl methyl sites for hydroxylation is 1. The zero-order valence-electron chi connectivity index (χ0n) is 11.0. The second-order valence-electron chi connectivity index (χ2n) is 3.99. The van der Waals surface area contributed by atoms with Crippen molar-refractivity contribution in [1.82, 2.24) is 10.6 Å². The van der Waals surface area contributed by atoms with Crippen molar-refractivity contribution in [2.24, 2.45) is 0 Å². The molecule has 3 N–H and O–H groups in total. The maximum absolute atomic E-state index is 11.5. The lowest BCUT2D eigenvalue weighted by atomic mass is 10.2. The first kappa shape index (κ1) is 14.5. The Balaban J connectivity index is 2.12. The molecule has 0 saturated heterocycles. The van der Waals surface area contributed by atoms with Crippen molar-refractivity contribution < 1.29 is 9.53 Å². The fourth-order valence-electron chi connectivity index (χ4n) is 1.38. The number of benzene rings is 1. The van der Waals surface area contributed by atoms with E-state index in [1.807, 2.05) is 31.2 Å². The van der Waals surface area contributed by atoms with Gasteiger partial charge in [-0.3, -0.25) is 0 Å². The van der Waals surface area contributed by atoms with E-state index in [9.17, 15) is 4.79 Å². The number of ether oxygens (including phenoxy) is 1. The summed E-state index contributed by atoms with van der Waals surface area (Å²) in [5, 5.41) is 8.68. The molecular formula is C13H21N3O2. The van der Waals surface area contributed by atoms with Crippen LogP contribution in [0, 0.1) is 6.92 Å². The monoisotopic (exact) mass is 251 g/mol. The van der Waals surface area contributed by atoms with Gasteiger partial charge >= 0.3 is 6.03 Å². The minimum atomic E-state index is -0.188. The number of nitrogens with one attached hydrogen (secondary N) is 3. The third-order valence-corrected chi connectivity index (χ3v) is 2.38. The van der Waals surface area contributed by atoms with Gasteiger partial charge < -0.3 is 20.7 Å². The average Bonchev–Trinajstić information content (AvgIpc) is 2.36. The highest BCUT2D eigenvalue weighted by atomic mass is 16.5. The van der Waals surface area contributed by atoms with Crippen LogP contribution in [0.25, 0.3) is 0 Å². The molecule has 0 aliphatic rings. The summed E-state index contributed by atoms with van der Waals surface area (Å²) < 4.78 is 4.90. The highest BCUT2D eigenvalue weighted by Crippen LogP contribution is 2.07. The van der Waals surface area contributed by atoms with Gasteiger partial charge in [-0.15, -0.1) is 0 Å². The van der Waals surface area contributed by atoms with Crippen LogP contribution in [-0.2, 0) is 4.74 Å². The predicted octanol–water partition coefficient (Wildman–Crippen LogP) is 1.35. The molecule has 0 unspecified atom stereocenters. The molecule has 1 rings (SSSR count). The van der Waals surface area contributed by atoms with Crippen LogP contribution in [0.5, 0.6) is 0 Å². The molecule has 0 heterocycles. The third kappa shape index (κ3) is 6.22. The van der Waals surface area contributed by atoms with Crippen LogP contribution in [0.4, 0.5) is 10.5 Å². The molecule has 0 saturated carbocycles. The zero-order chi connectivity index (χ0) is 13.2.